The van der Waals surface area contributed by atoms with Crippen LogP contribution in [0.2, 0.25) is 0 Å². The molecule has 1 aliphatic rings. The summed E-state index contributed by atoms with van der Waals surface area (Å²) in [7, 11) is 1.43. The lowest BCUT2D eigenvalue weighted by Gasteiger charge is -2.23. The van der Waals surface area contributed by atoms with E-state index in [4.69, 9.17) is 4.74 Å². The number of carbonyl (C=O) groups is 3. The van der Waals surface area contributed by atoms with Crippen LogP contribution in [-0.4, -0.2) is 35.8 Å². The number of fused-ring (bicyclic) bond motifs is 1. The molecule has 2 aromatic carbocycles. The fourth-order valence-corrected chi connectivity index (χ4v) is 3.54. The summed E-state index contributed by atoms with van der Waals surface area (Å²) in [5.41, 5.74) is 1.27. The van der Waals surface area contributed by atoms with E-state index in [1.165, 1.54) is 12.0 Å². The van der Waals surface area contributed by atoms with Crippen LogP contribution in [0, 0.1) is 0 Å². The highest BCUT2D eigenvalue weighted by Crippen LogP contribution is 2.34. The number of amides is 3. The first-order chi connectivity index (χ1) is 15.4. The average molecular weight is 434 g/mol. The maximum atomic E-state index is 13.1. The molecule has 0 radical (unpaired) electrons. The second-order valence-corrected chi connectivity index (χ2v) is 7.28. The Labute approximate surface area is 187 Å². The SMILES string of the molecule is CCC(CC)N1C(=O)c2cccc(N=N/C(C(=O)Nc3ccccc3)=C(/C)OC)c2C1=O. The largest absolute Gasteiger partial charge is 0.499 e. The number of para-hydroxylation sites is 1. The molecule has 0 unspecified atom stereocenters. The smallest absolute Gasteiger partial charge is 0.279 e. The summed E-state index contributed by atoms with van der Waals surface area (Å²) in [5.74, 6) is -0.971. The Morgan fingerprint density at radius 3 is 2.34 bits per heavy atom. The van der Waals surface area contributed by atoms with E-state index in [0.717, 1.165) is 0 Å². The summed E-state index contributed by atoms with van der Waals surface area (Å²) in [5, 5.41) is 11.0. The zero-order valence-corrected chi connectivity index (χ0v) is 18.6. The molecule has 2 aromatic rings. The molecule has 32 heavy (non-hydrogen) atoms. The van der Waals surface area contributed by atoms with Crippen molar-refractivity contribution in [3.05, 3.63) is 71.1 Å². The van der Waals surface area contributed by atoms with E-state index < -0.39 is 11.8 Å². The molecule has 1 heterocycles. The van der Waals surface area contributed by atoms with Gasteiger partial charge in [0.25, 0.3) is 17.7 Å². The van der Waals surface area contributed by atoms with Gasteiger partial charge in [0.05, 0.1) is 23.9 Å². The van der Waals surface area contributed by atoms with Crippen molar-refractivity contribution >= 4 is 29.1 Å². The van der Waals surface area contributed by atoms with Crippen molar-refractivity contribution in [3.8, 4) is 0 Å². The number of azo groups is 1. The minimum Gasteiger partial charge on any atom is -0.499 e. The number of hydrogen-bond acceptors (Lipinski definition) is 6. The van der Waals surface area contributed by atoms with Crippen molar-refractivity contribution in [2.75, 3.05) is 12.4 Å². The van der Waals surface area contributed by atoms with Gasteiger partial charge in [0.15, 0.2) is 5.70 Å². The maximum absolute atomic E-state index is 13.1. The van der Waals surface area contributed by atoms with Crippen LogP contribution >= 0.6 is 0 Å². The first-order valence-electron chi connectivity index (χ1n) is 10.5. The van der Waals surface area contributed by atoms with Crippen LogP contribution in [0.5, 0.6) is 0 Å². The number of hydrogen-bond donors (Lipinski definition) is 1. The quantitative estimate of drug-likeness (QED) is 0.271. The van der Waals surface area contributed by atoms with Crippen molar-refractivity contribution in [3.63, 3.8) is 0 Å². The van der Waals surface area contributed by atoms with Gasteiger partial charge in [0, 0.05) is 11.7 Å². The number of carbonyl (C=O) groups excluding carboxylic acids is 3. The molecule has 1 aliphatic heterocycles. The molecular formula is C24H26N4O4. The molecule has 8 heteroatoms. The van der Waals surface area contributed by atoms with E-state index in [-0.39, 0.29) is 34.7 Å². The number of anilines is 1. The van der Waals surface area contributed by atoms with E-state index in [9.17, 15) is 14.4 Å². The van der Waals surface area contributed by atoms with Crippen molar-refractivity contribution in [2.24, 2.45) is 10.2 Å². The number of imide groups is 1. The normalized spacial score (nSPS) is 14.1. The lowest BCUT2D eigenvalue weighted by Crippen LogP contribution is -2.39. The molecule has 1 N–H and O–H groups in total. The maximum Gasteiger partial charge on any atom is 0.279 e. The third-order valence-corrected chi connectivity index (χ3v) is 5.38. The topological polar surface area (TPSA) is 100 Å². The van der Waals surface area contributed by atoms with Crippen molar-refractivity contribution in [1.82, 2.24) is 4.90 Å². The fraction of sp³-hybridized carbons (Fsp3) is 0.292. The number of methoxy groups -OCH3 is 1. The fourth-order valence-electron chi connectivity index (χ4n) is 3.54. The van der Waals surface area contributed by atoms with Crippen LogP contribution in [0.3, 0.4) is 0 Å². The Morgan fingerprint density at radius 2 is 1.72 bits per heavy atom. The van der Waals surface area contributed by atoms with E-state index in [1.807, 2.05) is 19.9 Å². The van der Waals surface area contributed by atoms with E-state index in [0.29, 0.717) is 24.1 Å². The third-order valence-electron chi connectivity index (χ3n) is 5.38. The lowest BCUT2D eigenvalue weighted by molar-refractivity contribution is -0.113. The number of nitrogens with zero attached hydrogens (tertiary/aromatic N) is 3. The van der Waals surface area contributed by atoms with Crippen molar-refractivity contribution < 1.29 is 19.1 Å². The van der Waals surface area contributed by atoms with Crippen LogP contribution in [-0.2, 0) is 9.53 Å². The number of nitrogens with one attached hydrogen (secondary N) is 1. The van der Waals surface area contributed by atoms with Crippen LogP contribution in [0.4, 0.5) is 11.4 Å². The van der Waals surface area contributed by atoms with Gasteiger partial charge in [-0.05, 0) is 44.0 Å². The Hall–Kier alpha value is -3.81. The summed E-state index contributed by atoms with van der Waals surface area (Å²) < 4.78 is 5.20. The van der Waals surface area contributed by atoms with Gasteiger partial charge in [-0.2, -0.15) is 0 Å². The van der Waals surface area contributed by atoms with Crippen molar-refractivity contribution in [2.45, 2.75) is 39.7 Å². The molecule has 0 spiro atoms. The van der Waals surface area contributed by atoms with Crippen LogP contribution in [0.1, 0.15) is 54.3 Å². The number of rotatable bonds is 8. The van der Waals surface area contributed by atoms with E-state index >= 15 is 0 Å². The Bertz CT molecular complexity index is 1090. The van der Waals surface area contributed by atoms with Gasteiger partial charge < -0.3 is 10.1 Å². The van der Waals surface area contributed by atoms with E-state index in [2.05, 4.69) is 15.5 Å². The van der Waals surface area contributed by atoms with Gasteiger partial charge in [-0.15, -0.1) is 10.2 Å². The second kappa shape index (κ2) is 10.00. The molecule has 166 valence electrons. The predicted molar refractivity (Wildman–Crippen MR) is 121 cm³/mol. The van der Waals surface area contributed by atoms with Crippen LogP contribution in [0.25, 0.3) is 0 Å². The molecular weight excluding hydrogens is 408 g/mol. The minimum absolute atomic E-state index is 0.0393. The van der Waals surface area contributed by atoms with E-state index in [1.54, 1.807) is 49.4 Å². The molecule has 0 atom stereocenters. The third kappa shape index (κ3) is 4.44. The first kappa shape index (κ1) is 22.9. The van der Waals surface area contributed by atoms with Gasteiger partial charge >= 0.3 is 0 Å². The molecule has 0 aliphatic carbocycles. The Morgan fingerprint density at radius 1 is 1.03 bits per heavy atom. The summed E-state index contributed by atoms with van der Waals surface area (Å²) in [4.78, 5) is 40.0. The van der Waals surface area contributed by atoms with Crippen LogP contribution in [0.15, 0.2) is 70.2 Å². The first-order valence-corrected chi connectivity index (χ1v) is 10.5. The predicted octanol–water partition coefficient (Wildman–Crippen LogP) is 5.07. The number of allylic oxidation sites excluding steroid dienone is 1. The van der Waals surface area contributed by atoms with Crippen molar-refractivity contribution in [1.29, 1.82) is 0 Å². The molecule has 0 saturated carbocycles. The summed E-state index contributed by atoms with van der Waals surface area (Å²) >= 11 is 0. The molecule has 0 saturated heterocycles. The van der Waals surface area contributed by atoms with Gasteiger partial charge in [0.2, 0.25) is 0 Å². The lowest BCUT2D eigenvalue weighted by atomic mass is 10.1. The molecule has 0 fully saturated rings. The molecule has 3 rings (SSSR count). The Balaban J connectivity index is 1.95. The highest BCUT2D eigenvalue weighted by Gasteiger charge is 2.40. The van der Waals surface area contributed by atoms with Gasteiger partial charge in [-0.1, -0.05) is 38.1 Å². The highest BCUT2D eigenvalue weighted by molar-refractivity contribution is 6.23. The van der Waals surface area contributed by atoms with Gasteiger partial charge in [-0.25, -0.2) is 0 Å². The standard InChI is InChI=1S/C24H26N4O4/c1-5-17(6-2)28-23(30)18-13-10-14-19(20(18)24(28)31)26-27-21(15(3)32-4)22(29)25-16-11-8-7-9-12-16/h7-14,17H,5-6H2,1-4H3,(H,25,29)/b21-15-,27-26?. The molecule has 0 bridgehead atoms. The zero-order valence-electron chi connectivity index (χ0n) is 18.6. The average Bonchev–Trinajstić information content (AvgIpc) is 3.06. The summed E-state index contributed by atoms with van der Waals surface area (Å²) in [6, 6.07) is 13.6. The molecule has 3 amide bonds. The monoisotopic (exact) mass is 434 g/mol. The molecule has 8 nitrogen and oxygen atoms in total. The van der Waals surface area contributed by atoms with Gasteiger partial charge in [0.1, 0.15) is 5.76 Å². The summed E-state index contributed by atoms with van der Waals surface area (Å²) in [6.07, 6.45) is 1.33. The summed E-state index contributed by atoms with van der Waals surface area (Å²) in [6.45, 7) is 5.47. The van der Waals surface area contributed by atoms with Crippen LogP contribution < -0.4 is 5.32 Å². The highest BCUT2D eigenvalue weighted by atomic mass is 16.5. The number of benzene rings is 2. The number of ether oxygens (including phenoxy) is 1. The second-order valence-electron chi connectivity index (χ2n) is 7.28. The van der Waals surface area contributed by atoms with Gasteiger partial charge in [-0.3, -0.25) is 19.3 Å². The zero-order chi connectivity index (χ0) is 23.3. The molecule has 0 aromatic heterocycles. The minimum atomic E-state index is -0.507. The Kier molecular flexibility index (Phi) is 7.14.